The summed E-state index contributed by atoms with van der Waals surface area (Å²) in [6, 6.07) is 3.68. The maximum Gasteiger partial charge on any atom is 0.223 e. The number of carbonyl (C=O) groups is 1. The molecule has 1 aromatic rings. The van der Waals surface area contributed by atoms with E-state index in [1.165, 1.54) is 6.92 Å². The van der Waals surface area contributed by atoms with Crippen LogP contribution in [0.5, 0.6) is 0 Å². The highest BCUT2D eigenvalue weighted by Gasteiger charge is 2.32. The van der Waals surface area contributed by atoms with Crippen molar-refractivity contribution in [2.75, 3.05) is 0 Å². The molecule has 4 nitrogen and oxygen atoms in total. The fourth-order valence-corrected chi connectivity index (χ4v) is 1.57. The molecule has 2 N–H and O–H groups in total. The number of rotatable bonds is 4. The molecule has 1 atom stereocenters. The smallest absolute Gasteiger partial charge is 0.223 e. The summed E-state index contributed by atoms with van der Waals surface area (Å²) in [5.41, 5.74) is 0.928. The second-order valence-electron chi connectivity index (χ2n) is 3.42. The van der Waals surface area contributed by atoms with Gasteiger partial charge in [0.1, 0.15) is 6.17 Å². The Morgan fingerprint density at radius 3 is 2.71 bits per heavy atom. The first-order valence-corrected chi connectivity index (χ1v) is 5.99. The van der Waals surface area contributed by atoms with Gasteiger partial charge in [-0.15, -0.1) is 0 Å². The molecule has 1 rings (SSSR count). The maximum absolute atomic E-state index is 11.0. The Balaban J connectivity index is 2.59. The van der Waals surface area contributed by atoms with Gasteiger partial charge in [-0.2, -0.15) is 0 Å². The molecule has 17 heavy (non-hydrogen) atoms. The average Bonchev–Trinajstić information content (AvgIpc) is 2.23. The number of nitrogens with one attached hydrogen (secondary N) is 2. The lowest BCUT2D eigenvalue weighted by Gasteiger charge is -2.26. The van der Waals surface area contributed by atoms with Crippen LogP contribution in [-0.4, -0.2) is 20.8 Å². The van der Waals surface area contributed by atoms with Crippen LogP contribution in [0.4, 0.5) is 0 Å². The van der Waals surface area contributed by atoms with Gasteiger partial charge in [0, 0.05) is 25.9 Å². The molecule has 0 aliphatic heterocycles. The number of hydrogen-bond acceptors (Lipinski definition) is 3. The Bertz CT molecular complexity index is 367. The number of amides is 1. The van der Waals surface area contributed by atoms with Crippen LogP contribution in [0.25, 0.3) is 0 Å². The molecule has 0 fully saturated rings. The molecule has 0 saturated heterocycles. The van der Waals surface area contributed by atoms with Crippen molar-refractivity contribution in [1.82, 2.24) is 15.6 Å². The summed E-state index contributed by atoms with van der Waals surface area (Å²) in [5, 5.41) is 5.46. The molecular formula is C10H12Cl3N3O. The Kier molecular flexibility index (Phi) is 5.46. The number of alkyl halides is 3. The summed E-state index contributed by atoms with van der Waals surface area (Å²) in [5.74, 6) is -0.278. The predicted octanol–water partition coefficient (Wildman–Crippen LogP) is 2.00. The Morgan fingerprint density at radius 2 is 2.24 bits per heavy atom. The molecule has 0 bridgehead atoms. The van der Waals surface area contributed by atoms with Crippen LogP contribution in [-0.2, 0) is 11.3 Å². The minimum atomic E-state index is -1.62. The van der Waals surface area contributed by atoms with E-state index in [0.29, 0.717) is 6.54 Å². The number of pyridine rings is 1. The van der Waals surface area contributed by atoms with E-state index in [0.717, 1.165) is 5.56 Å². The molecule has 0 radical (unpaired) electrons. The number of hydrogen-bond donors (Lipinski definition) is 2. The predicted molar refractivity (Wildman–Crippen MR) is 69.0 cm³/mol. The van der Waals surface area contributed by atoms with E-state index in [2.05, 4.69) is 15.6 Å². The van der Waals surface area contributed by atoms with Gasteiger partial charge in [0.05, 0.1) is 0 Å². The molecular weight excluding hydrogens is 284 g/mol. The van der Waals surface area contributed by atoms with Crippen LogP contribution in [0.15, 0.2) is 24.5 Å². The van der Waals surface area contributed by atoms with Gasteiger partial charge in [-0.05, 0) is 11.6 Å². The van der Waals surface area contributed by atoms with Gasteiger partial charge in [0.15, 0.2) is 0 Å². The van der Waals surface area contributed by atoms with Gasteiger partial charge in [-0.1, -0.05) is 40.9 Å². The largest absolute Gasteiger partial charge is 0.337 e. The second kappa shape index (κ2) is 6.40. The first-order valence-electron chi connectivity index (χ1n) is 4.85. The van der Waals surface area contributed by atoms with Gasteiger partial charge < -0.3 is 5.32 Å². The van der Waals surface area contributed by atoms with Crippen LogP contribution in [0.2, 0.25) is 0 Å². The average molecular weight is 297 g/mol. The zero-order valence-electron chi connectivity index (χ0n) is 9.08. The van der Waals surface area contributed by atoms with Gasteiger partial charge in [0.25, 0.3) is 0 Å². The highest BCUT2D eigenvalue weighted by molar-refractivity contribution is 6.68. The highest BCUT2D eigenvalue weighted by Crippen LogP contribution is 2.29. The summed E-state index contributed by atoms with van der Waals surface area (Å²) >= 11 is 17.2. The number of aromatic nitrogens is 1. The van der Waals surface area contributed by atoms with Crippen molar-refractivity contribution in [2.45, 2.75) is 23.4 Å². The van der Waals surface area contributed by atoms with Crippen molar-refractivity contribution < 1.29 is 4.79 Å². The van der Waals surface area contributed by atoms with Crippen LogP contribution < -0.4 is 10.6 Å². The zero-order chi connectivity index (χ0) is 12.9. The minimum absolute atomic E-state index is 0.278. The monoisotopic (exact) mass is 295 g/mol. The quantitative estimate of drug-likeness (QED) is 0.660. The molecule has 0 unspecified atom stereocenters. The summed E-state index contributed by atoms with van der Waals surface area (Å²) in [6.45, 7) is 1.79. The van der Waals surface area contributed by atoms with Crippen molar-refractivity contribution in [2.24, 2.45) is 0 Å². The third-order valence-corrected chi connectivity index (χ3v) is 2.56. The fourth-order valence-electron chi connectivity index (χ4n) is 1.17. The molecule has 1 aromatic heterocycles. The van der Waals surface area contributed by atoms with Gasteiger partial charge in [0.2, 0.25) is 9.70 Å². The van der Waals surface area contributed by atoms with Crippen LogP contribution >= 0.6 is 34.8 Å². The first kappa shape index (κ1) is 14.5. The maximum atomic E-state index is 11.0. The molecule has 0 aromatic carbocycles. The van der Waals surface area contributed by atoms with Gasteiger partial charge >= 0.3 is 0 Å². The van der Waals surface area contributed by atoms with E-state index >= 15 is 0 Å². The van der Waals surface area contributed by atoms with E-state index in [1.807, 2.05) is 6.07 Å². The topological polar surface area (TPSA) is 54.0 Å². The Hall–Kier alpha value is -0.550. The van der Waals surface area contributed by atoms with Crippen molar-refractivity contribution in [3.8, 4) is 0 Å². The molecule has 1 heterocycles. The standard InChI is InChI=1S/C10H12Cl3N3O/c1-7(17)16-9(10(11,12)13)15-6-8-3-2-4-14-5-8/h2-5,9,15H,6H2,1H3,(H,16,17)/t9-/m0/s1. The van der Waals surface area contributed by atoms with Gasteiger partial charge in [-0.25, -0.2) is 0 Å². The van der Waals surface area contributed by atoms with E-state index in [-0.39, 0.29) is 5.91 Å². The third kappa shape index (κ3) is 5.55. The van der Waals surface area contributed by atoms with E-state index in [4.69, 9.17) is 34.8 Å². The SMILES string of the molecule is CC(=O)N[C@H](NCc1cccnc1)C(Cl)(Cl)Cl. The third-order valence-electron chi connectivity index (χ3n) is 1.91. The molecule has 7 heteroatoms. The summed E-state index contributed by atoms with van der Waals surface area (Å²) < 4.78 is -1.62. The summed E-state index contributed by atoms with van der Waals surface area (Å²) in [7, 11) is 0. The molecule has 0 aliphatic rings. The highest BCUT2D eigenvalue weighted by atomic mass is 35.6. The lowest BCUT2D eigenvalue weighted by atomic mass is 10.3. The lowest BCUT2D eigenvalue weighted by molar-refractivity contribution is -0.119. The normalized spacial score (nSPS) is 13.2. The Labute approximate surface area is 115 Å². The van der Waals surface area contributed by atoms with Crippen LogP contribution in [0.3, 0.4) is 0 Å². The molecule has 0 aliphatic carbocycles. The van der Waals surface area contributed by atoms with E-state index in [9.17, 15) is 4.79 Å². The van der Waals surface area contributed by atoms with Crippen LogP contribution in [0.1, 0.15) is 12.5 Å². The number of nitrogens with zero attached hydrogens (tertiary/aromatic N) is 1. The van der Waals surface area contributed by atoms with Gasteiger partial charge in [-0.3, -0.25) is 15.1 Å². The fraction of sp³-hybridized carbons (Fsp3) is 0.400. The minimum Gasteiger partial charge on any atom is -0.337 e. The molecule has 94 valence electrons. The lowest BCUT2D eigenvalue weighted by Crippen LogP contribution is -2.52. The van der Waals surface area contributed by atoms with Crippen molar-refractivity contribution in [3.05, 3.63) is 30.1 Å². The number of carbonyl (C=O) groups excluding carboxylic acids is 1. The number of halogens is 3. The molecule has 0 saturated carbocycles. The molecule has 0 spiro atoms. The summed E-state index contributed by atoms with van der Waals surface area (Å²) in [6.07, 6.45) is 2.60. The Morgan fingerprint density at radius 1 is 1.53 bits per heavy atom. The summed E-state index contributed by atoms with van der Waals surface area (Å²) in [4.78, 5) is 14.9. The van der Waals surface area contributed by atoms with Crippen molar-refractivity contribution in [1.29, 1.82) is 0 Å². The first-order chi connectivity index (χ1) is 7.89. The van der Waals surface area contributed by atoms with Crippen molar-refractivity contribution >= 4 is 40.7 Å². The van der Waals surface area contributed by atoms with Crippen molar-refractivity contribution in [3.63, 3.8) is 0 Å². The van der Waals surface area contributed by atoms with E-state index in [1.54, 1.807) is 18.5 Å². The second-order valence-corrected chi connectivity index (χ2v) is 5.79. The van der Waals surface area contributed by atoms with E-state index < -0.39 is 9.96 Å². The molecule has 1 amide bonds. The van der Waals surface area contributed by atoms with Crippen LogP contribution in [0, 0.1) is 0 Å². The zero-order valence-corrected chi connectivity index (χ0v) is 11.4.